The van der Waals surface area contributed by atoms with E-state index in [9.17, 15) is 0 Å². The molecule has 2 N–H and O–H groups in total. The topological polar surface area (TPSA) is 48.9 Å². The molecule has 0 amide bonds. The second-order valence-corrected chi connectivity index (χ2v) is 6.03. The lowest BCUT2D eigenvalue weighted by atomic mass is 9.97. The first-order valence-corrected chi connectivity index (χ1v) is 8.43. The Morgan fingerprint density at radius 2 is 2.19 bits per heavy atom. The molecule has 0 aromatic rings. The van der Waals surface area contributed by atoms with Gasteiger partial charge in [-0.25, -0.2) is 0 Å². The monoisotopic (exact) mass is 298 g/mol. The first-order chi connectivity index (χ1) is 10.2. The SMILES string of the molecule is CCOCCCNC(=NC)NCC1CCCN(C(C)C)C1. The molecule has 0 radical (unpaired) electrons. The summed E-state index contributed by atoms with van der Waals surface area (Å²) >= 11 is 0. The first kappa shape index (κ1) is 18.2. The fraction of sp³-hybridized carbons (Fsp3) is 0.938. The lowest BCUT2D eigenvalue weighted by Gasteiger charge is -2.35. The van der Waals surface area contributed by atoms with Crippen LogP contribution < -0.4 is 10.6 Å². The van der Waals surface area contributed by atoms with Crippen LogP contribution in [0.2, 0.25) is 0 Å². The van der Waals surface area contributed by atoms with Crippen molar-refractivity contribution in [2.75, 3.05) is 46.4 Å². The second-order valence-electron chi connectivity index (χ2n) is 6.03. The van der Waals surface area contributed by atoms with Gasteiger partial charge in [0.25, 0.3) is 0 Å². The molecule has 0 aromatic heterocycles. The lowest BCUT2D eigenvalue weighted by molar-refractivity contribution is 0.140. The molecule has 0 bridgehead atoms. The normalized spacial score (nSPS) is 20.8. The highest BCUT2D eigenvalue weighted by molar-refractivity contribution is 5.79. The van der Waals surface area contributed by atoms with Crippen molar-refractivity contribution in [2.45, 2.75) is 46.1 Å². The van der Waals surface area contributed by atoms with E-state index in [0.29, 0.717) is 6.04 Å². The highest BCUT2D eigenvalue weighted by atomic mass is 16.5. The van der Waals surface area contributed by atoms with Gasteiger partial charge in [-0.3, -0.25) is 4.99 Å². The van der Waals surface area contributed by atoms with Crippen molar-refractivity contribution in [3.05, 3.63) is 0 Å². The number of aliphatic imine (C=N–C) groups is 1. The molecular weight excluding hydrogens is 264 g/mol. The molecular formula is C16H34N4O. The molecule has 1 atom stereocenters. The summed E-state index contributed by atoms with van der Waals surface area (Å²) in [5, 5.41) is 6.81. The van der Waals surface area contributed by atoms with Gasteiger partial charge in [0, 0.05) is 45.9 Å². The molecule has 1 rings (SSSR count). The van der Waals surface area contributed by atoms with Crippen LogP contribution in [0.15, 0.2) is 4.99 Å². The summed E-state index contributed by atoms with van der Waals surface area (Å²) in [7, 11) is 1.83. The van der Waals surface area contributed by atoms with Crippen LogP contribution >= 0.6 is 0 Å². The third-order valence-corrected chi connectivity index (χ3v) is 4.02. The number of guanidine groups is 1. The Kier molecular flexibility index (Phi) is 9.42. The number of nitrogens with one attached hydrogen (secondary N) is 2. The zero-order valence-corrected chi connectivity index (χ0v) is 14.3. The van der Waals surface area contributed by atoms with Gasteiger partial charge < -0.3 is 20.3 Å². The van der Waals surface area contributed by atoms with Crippen LogP contribution in [-0.2, 0) is 4.74 Å². The Morgan fingerprint density at radius 1 is 1.38 bits per heavy atom. The van der Waals surface area contributed by atoms with Gasteiger partial charge in [-0.05, 0) is 52.5 Å². The highest BCUT2D eigenvalue weighted by Gasteiger charge is 2.21. The van der Waals surface area contributed by atoms with Gasteiger partial charge in [0.05, 0.1) is 0 Å². The molecule has 1 unspecified atom stereocenters. The molecule has 21 heavy (non-hydrogen) atoms. The zero-order valence-electron chi connectivity index (χ0n) is 14.3. The molecule has 0 saturated carbocycles. The quantitative estimate of drug-likeness (QED) is 0.407. The van der Waals surface area contributed by atoms with E-state index in [2.05, 4.69) is 34.4 Å². The van der Waals surface area contributed by atoms with Gasteiger partial charge in [0.1, 0.15) is 0 Å². The highest BCUT2D eigenvalue weighted by Crippen LogP contribution is 2.17. The number of nitrogens with zero attached hydrogens (tertiary/aromatic N) is 2. The van der Waals surface area contributed by atoms with Crippen LogP contribution in [0, 0.1) is 5.92 Å². The van der Waals surface area contributed by atoms with Crippen molar-refractivity contribution >= 4 is 5.96 Å². The van der Waals surface area contributed by atoms with Gasteiger partial charge in [-0.1, -0.05) is 0 Å². The lowest BCUT2D eigenvalue weighted by Crippen LogP contribution is -2.46. The van der Waals surface area contributed by atoms with Gasteiger partial charge in [-0.15, -0.1) is 0 Å². The predicted octanol–water partition coefficient (Wildman–Crippen LogP) is 1.70. The fourth-order valence-corrected chi connectivity index (χ4v) is 2.72. The van der Waals surface area contributed by atoms with Crippen molar-refractivity contribution in [3.8, 4) is 0 Å². The van der Waals surface area contributed by atoms with E-state index in [1.165, 1.54) is 25.9 Å². The second kappa shape index (κ2) is 10.9. The molecule has 1 saturated heterocycles. The molecule has 1 aliphatic rings. The Hall–Kier alpha value is -0.810. The standard InChI is InChI=1S/C16H34N4O/c1-5-21-11-7-9-18-16(17-4)19-12-15-8-6-10-20(13-15)14(2)3/h14-15H,5-13H2,1-4H3,(H2,17,18,19). The van der Waals surface area contributed by atoms with Gasteiger partial charge in [0.15, 0.2) is 5.96 Å². The fourth-order valence-electron chi connectivity index (χ4n) is 2.72. The third kappa shape index (κ3) is 7.67. The molecule has 1 heterocycles. The average molecular weight is 298 g/mol. The van der Waals surface area contributed by atoms with Crippen LogP contribution in [0.25, 0.3) is 0 Å². The van der Waals surface area contributed by atoms with Crippen molar-refractivity contribution in [1.29, 1.82) is 0 Å². The molecule has 0 spiro atoms. The summed E-state index contributed by atoms with van der Waals surface area (Å²) < 4.78 is 5.33. The summed E-state index contributed by atoms with van der Waals surface area (Å²) in [5.41, 5.74) is 0. The third-order valence-electron chi connectivity index (χ3n) is 4.02. The minimum atomic E-state index is 0.656. The zero-order chi connectivity index (χ0) is 15.5. The summed E-state index contributed by atoms with van der Waals surface area (Å²) in [4.78, 5) is 6.86. The molecule has 0 aliphatic carbocycles. The minimum absolute atomic E-state index is 0.656. The van der Waals surface area contributed by atoms with Crippen LogP contribution in [0.3, 0.4) is 0 Å². The van der Waals surface area contributed by atoms with Crippen molar-refractivity contribution < 1.29 is 4.74 Å². The maximum atomic E-state index is 5.33. The maximum Gasteiger partial charge on any atom is 0.190 e. The van der Waals surface area contributed by atoms with E-state index in [4.69, 9.17) is 4.74 Å². The summed E-state index contributed by atoms with van der Waals surface area (Å²) in [6, 6.07) is 0.656. The van der Waals surface area contributed by atoms with E-state index in [1.54, 1.807) is 0 Å². The van der Waals surface area contributed by atoms with E-state index in [0.717, 1.165) is 44.6 Å². The number of hydrogen-bond donors (Lipinski definition) is 2. The molecule has 124 valence electrons. The molecule has 5 nitrogen and oxygen atoms in total. The minimum Gasteiger partial charge on any atom is -0.382 e. The van der Waals surface area contributed by atoms with Gasteiger partial charge >= 0.3 is 0 Å². The summed E-state index contributed by atoms with van der Waals surface area (Å²) in [5.74, 6) is 1.64. The largest absolute Gasteiger partial charge is 0.382 e. The molecule has 1 aliphatic heterocycles. The Labute approximate surface area is 130 Å². The summed E-state index contributed by atoms with van der Waals surface area (Å²) in [6.07, 6.45) is 3.64. The maximum absolute atomic E-state index is 5.33. The number of ether oxygens (including phenoxy) is 1. The van der Waals surface area contributed by atoms with Crippen LogP contribution in [0.1, 0.15) is 40.0 Å². The van der Waals surface area contributed by atoms with E-state index < -0.39 is 0 Å². The van der Waals surface area contributed by atoms with Crippen molar-refractivity contribution in [2.24, 2.45) is 10.9 Å². The number of rotatable bonds is 8. The van der Waals surface area contributed by atoms with Crippen molar-refractivity contribution in [3.63, 3.8) is 0 Å². The Balaban J connectivity index is 2.19. The van der Waals surface area contributed by atoms with Crippen molar-refractivity contribution in [1.82, 2.24) is 15.5 Å². The van der Waals surface area contributed by atoms with E-state index in [1.807, 2.05) is 14.0 Å². The van der Waals surface area contributed by atoms with Crippen LogP contribution in [0.5, 0.6) is 0 Å². The smallest absolute Gasteiger partial charge is 0.190 e. The number of hydrogen-bond acceptors (Lipinski definition) is 3. The molecule has 5 heteroatoms. The number of piperidine rings is 1. The summed E-state index contributed by atoms with van der Waals surface area (Å²) in [6.45, 7) is 12.6. The van der Waals surface area contributed by atoms with Gasteiger partial charge in [-0.2, -0.15) is 0 Å². The Morgan fingerprint density at radius 3 is 2.86 bits per heavy atom. The predicted molar refractivity (Wildman–Crippen MR) is 89.9 cm³/mol. The van der Waals surface area contributed by atoms with Crippen LogP contribution in [-0.4, -0.2) is 63.3 Å². The first-order valence-electron chi connectivity index (χ1n) is 8.43. The molecule has 0 aromatic carbocycles. The van der Waals surface area contributed by atoms with E-state index in [-0.39, 0.29) is 0 Å². The van der Waals surface area contributed by atoms with Gasteiger partial charge in [0.2, 0.25) is 0 Å². The Bertz CT molecular complexity index is 294. The average Bonchev–Trinajstić information content (AvgIpc) is 2.50. The van der Waals surface area contributed by atoms with E-state index >= 15 is 0 Å². The molecule has 1 fully saturated rings. The number of likely N-dealkylation sites (tertiary alicyclic amines) is 1. The van der Waals surface area contributed by atoms with Crippen LogP contribution in [0.4, 0.5) is 0 Å².